The minimum atomic E-state index is 0.158. The fourth-order valence-corrected chi connectivity index (χ4v) is 3.88. The molecule has 4 heteroatoms. The summed E-state index contributed by atoms with van der Waals surface area (Å²) in [6, 6.07) is 0. The van der Waals surface area contributed by atoms with Crippen LogP contribution < -0.4 is 5.32 Å². The molecular formula is C15H29N3O. The van der Waals surface area contributed by atoms with Gasteiger partial charge in [0.05, 0.1) is 0 Å². The molecule has 110 valence electrons. The normalized spacial score (nSPS) is 23.5. The zero-order valence-corrected chi connectivity index (χ0v) is 12.6. The molecule has 2 fully saturated rings. The number of carbonyl (C=O) groups is 1. The highest BCUT2D eigenvalue weighted by atomic mass is 16.2. The SMILES string of the molecule is CCN(C(C)=O)C1(CCN2CCNCC2)CCCC1. The molecule has 1 N–H and O–H groups in total. The van der Waals surface area contributed by atoms with E-state index in [9.17, 15) is 4.79 Å². The van der Waals surface area contributed by atoms with E-state index in [1.807, 2.05) is 0 Å². The summed E-state index contributed by atoms with van der Waals surface area (Å²) in [6.45, 7) is 10.4. The molecule has 0 bridgehead atoms. The Morgan fingerprint density at radius 2 is 1.89 bits per heavy atom. The number of nitrogens with zero attached hydrogens (tertiary/aromatic N) is 2. The number of hydrogen-bond acceptors (Lipinski definition) is 3. The third-order valence-corrected chi connectivity index (χ3v) is 4.91. The zero-order valence-electron chi connectivity index (χ0n) is 12.6. The average molecular weight is 267 g/mol. The van der Waals surface area contributed by atoms with Gasteiger partial charge in [-0.1, -0.05) is 12.8 Å². The van der Waals surface area contributed by atoms with Crippen molar-refractivity contribution in [2.45, 2.75) is 51.5 Å². The van der Waals surface area contributed by atoms with E-state index in [-0.39, 0.29) is 11.4 Å². The van der Waals surface area contributed by atoms with E-state index in [1.165, 1.54) is 25.7 Å². The van der Waals surface area contributed by atoms with Crippen molar-refractivity contribution in [3.8, 4) is 0 Å². The Morgan fingerprint density at radius 3 is 2.42 bits per heavy atom. The van der Waals surface area contributed by atoms with Crippen LogP contribution in [0.1, 0.15) is 46.0 Å². The molecule has 0 aromatic heterocycles. The van der Waals surface area contributed by atoms with Gasteiger partial charge in [0.2, 0.25) is 5.91 Å². The van der Waals surface area contributed by atoms with Crippen LogP contribution in [0.4, 0.5) is 0 Å². The summed E-state index contributed by atoms with van der Waals surface area (Å²) in [7, 11) is 0. The summed E-state index contributed by atoms with van der Waals surface area (Å²) in [5.41, 5.74) is 0.158. The van der Waals surface area contributed by atoms with Crippen LogP contribution in [0.5, 0.6) is 0 Å². The minimum Gasteiger partial charge on any atom is -0.337 e. The van der Waals surface area contributed by atoms with Crippen LogP contribution in [-0.4, -0.2) is 60.5 Å². The highest BCUT2D eigenvalue weighted by molar-refractivity contribution is 5.74. The van der Waals surface area contributed by atoms with Gasteiger partial charge in [-0.25, -0.2) is 0 Å². The molecule has 1 amide bonds. The molecule has 1 saturated heterocycles. The summed E-state index contributed by atoms with van der Waals surface area (Å²) in [4.78, 5) is 16.6. The number of piperazine rings is 1. The molecule has 4 nitrogen and oxygen atoms in total. The van der Waals surface area contributed by atoms with Gasteiger partial charge in [-0.05, 0) is 26.2 Å². The fourth-order valence-electron chi connectivity index (χ4n) is 3.88. The van der Waals surface area contributed by atoms with Crippen molar-refractivity contribution in [1.82, 2.24) is 15.1 Å². The monoisotopic (exact) mass is 267 g/mol. The second-order valence-corrected chi connectivity index (χ2v) is 6.04. The van der Waals surface area contributed by atoms with Crippen molar-refractivity contribution in [1.29, 1.82) is 0 Å². The summed E-state index contributed by atoms with van der Waals surface area (Å²) in [5, 5.41) is 3.40. The molecular weight excluding hydrogens is 238 g/mol. The topological polar surface area (TPSA) is 35.6 Å². The Morgan fingerprint density at radius 1 is 1.26 bits per heavy atom. The Hall–Kier alpha value is -0.610. The number of carbonyl (C=O) groups excluding carboxylic acids is 1. The molecule has 1 aliphatic heterocycles. The molecule has 2 rings (SSSR count). The number of rotatable bonds is 5. The van der Waals surface area contributed by atoms with Crippen molar-refractivity contribution in [3.63, 3.8) is 0 Å². The lowest BCUT2D eigenvalue weighted by Crippen LogP contribution is -2.52. The highest BCUT2D eigenvalue weighted by Crippen LogP contribution is 2.38. The van der Waals surface area contributed by atoms with Crippen molar-refractivity contribution in [3.05, 3.63) is 0 Å². The second kappa shape index (κ2) is 6.71. The maximum absolute atomic E-state index is 11.9. The van der Waals surface area contributed by atoms with E-state index >= 15 is 0 Å². The van der Waals surface area contributed by atoms with Gasteiger partial charge in [-0.3, -0.25) is 4.79 Å². The molecule has 0 aromatic carbocycles. The molecule has 1 heterocycles. The molecule has 1 saturated carbocycles. The van der Waals surface area contributed by atoms with Crippen LogP contribution in [-0.2, 0) is 4.79 Å². The van der Waals surface area contributed by atoms with E-state index in [0.29, 0.717) is 0 Å². The lowest BCUT2D eigenvalue weighted by molar-refractivity contribution is -0.135. The number of amides is 1. The van der Waals surface area contributed by atoms with Crippen molar-refractivity contribution in [2.75, 3.05) is 39.3 Å². The lowest BCUT2D eigenvalue weighted by atomic mass is 9.90. The first kappa shape index (κ1) is 14.8. The lowest BCUT2D eigenvalue weighted by Gasteiger charge is -2.42. The molecule has 0 atom stereocenters. The van der Waals surface area contributed by atoms with Gasteiger partial charge >= 0.3 is 0 Å². The molecule has 0 radical (unpaired) electrons. The smallest absolute Gasteiger partial charge is 0.219 e. The van der Waals surface area contributed by atoms with Crippen LogP contribution in [0.3, 0.4) is 0 Å². The van der Waals surface area contributed by atoms with Crippen molar-refractivity contribution >= 4 is 5.91 Å². The standard InChI is InChI=1S/C15H29N3O/c1-3-18(14(2)19)15(6-4-5-7-15)8-11-17-12-9-16-10-13-17/h16H,3-13H2,1-2H3. The summed E-state index contributed by atoms with van der Waals surface area (Å²) >= 11 is 0. The minimum absolute atomic E-state index is 0.158. The quantitative estimate of drug-likeness (QED) is 0.819. The van der Waals surface area contributed by atoms with Gasteiger partial charge < -0.3 is 15.1 Å². The Bertz CT molecular complexity index is 294. The van der Waals surface area contributed by atoms with E-state index < -0.39 is 0 Å². The van der Waals surface area contributed by atoms with Crippen LogP contribution in [0.15, 0.2) is 0 Å². The molecule has 0 aromatic rings. The Balaban J connectivity index is 1.96. The van der Waals surface area contributed by atoms with Crippen molar-refractivity contribution in [2.24, 2.45) is 0 Å². The Labute approximate surface area is 117 Å². The zero-order chi connectivity index (χ0) is 13.7. The fraction of sp³-hybridized carbons (Fsp3) is 0.933. The summed E-state index contributed by atoms with van der Waals surface area (Å²) in [5.74, 6) is 0.254. The number of hydrogen-bond donors (Lipinski definition) is 1. The van der Waals surface area contributed by atoms with Crippen LogP contribution >= 0.6 is 0 Å². The van der Waals surface area contributed by atoms with Crippen LogP contribution in [0.25, 0.3) is 0 Å². The number of nitrogens with one attached hydrogen (secondary N) is 1. The molecule has 1 aliphatic carbocycles. The van der Waals surface area contributed by atoms with Crippen LogP contribution in [0.2, 0.25) is 0 Å². The first-order valence-electron chi connectivity index (χ1n) is 7.89. The maximum atomic E-state index is 11.9. The summed E-state index contributed by atoms with van der Waals surface area (Å²) < 4.78 is 0. The largest absolute Gasteiger partial charge is 0.337 e. The van der Waals surface area contributed by atoms with E-state index in [2.05, 4.69) is 22.0 Å². The van der Waals surface area contributed by atoms with Gasteiger partial charge in [-0.15, -0.1) is 0 Å². The predicted octanol–water partition coefficient (Wildman–Crippen LogP) is 1.46. The van der Waals surface area contributed by atoms with Gasteiger partial charge in [0.25, 0.3) is 0 Å². The van der Waals surface area contributed by atoms with Crippen molar-refractivity contribution < 1.29 is 4.79 Å². The van der Waals surface area contributed by atoms with Gasteiger partial charge in [-0.2, -0.15) is 0 Å². The third-order valence-electron chi connectivity index (χ3n) is 4.91. The Kier molecular flexibility index (Phi) is 5.22. The predicted molar refractivity (Wildman–Crippen MR) is 78.2 cm³/mol. The molecule has 0 unspecified atom stereocenters. The average Bonchev–Trinajstić information content (AvgIpc) is 2.88. The first-order valence-corrected chi connectivity index (χ1v) is 7.89. The summed E-state index contributed by atoms with van der Waals surface area (Å²) in [6.07, 6.45) is 6.12. The highest BCUT2D eigenvalue weighted by Gasteiger charge is 2.40. The molecule has 19 heavy (non-hydrogen) atoms. The first-order chi connectivity index (χ1) is 9.18. The molecule has 0 spiro atoms. The third kappa shape index (κ3) is 3.48. The van der Waals surface area contributed by atoms with Gasteiger partial charge in [0, 0.05) is 51.7 Å². The van der Waals surface area contributed by atoms with Crippen LogP contribution in [0, 0.1) is 0 Å². The molecule has 2 aliphatic rings. The van der Waals surface area contributed by atoms with Gasteiger partial charge in [0.15, 0.2) is 0 Å². The van der Waals surface area contributed by atoms with E-state index in [1.54, 1.807) is 6.92 Å². The maximum Gasteiger partial charge on any atom is 0.219 e. The van der Waals surface area contributed by atoms with Gasteiger partial charge in [0.1, 0.15) is 0 Å². The second-order valence-electron chi connectivity index (χ2n) is 6.04. The van der Waals surface area contributed by atoms with E-state index in [4.69, 9.17) is 0 Å². The van der Waals surface area contributed by atoms with E-state index in [0.717, 1.165) is 45.7 Å².